The molecule has 2 aromatic rings. The summed E-state index contributed by atoms with van der Waals surface area (Å²) in [6.45, 7) is 0.763. The van der Waals surface area contributed by atoms with Crippen molar-refractivity contribution in [2.45, 2.75) is 18.2 Å². The van der Waals surface area contributed by atoms with E-state index in [0.29, 0.717) is 17.0 Å². The van der Waals surface area contributed by atoms with E-state index < -0.39 is 33.9 Å². The summed E-state index contributed by atoms with van der Waals surface area (Å²) in [5.41, 5.74) is 0.424. The summed E-state index contributed by atoms with van der Waals surface area (Å²) in [5.74, 6) is -1.06. The minimum absolute atomic E-state index is 0.0807. The van der Waals surface area contributed by atoms with E-state index in [2.05, 4.69) is 20.8 Å². The predicted octanol–water partition coefficient (Wildman–Crippen LogP) is 1.69. The van der Waals surface area contributed by atoms with Gasteiger partial charge in [0.05, 0.1) is 11.4 Å². The fourth-order valence-corrected chi connectivity index (χ4v) is 3.66. The third kappa shape index (κ3) is 5.48. The Kier molecular flexibility index (Phi) is 6.51. The van der Waals surface area contributed by atoms with Crippen LogP contribution in [0.2, 0.25) is 0 Å². The van der Waals surface area contributed by atoms with Crippen molar-refractivity contribution in [3.05, 3.63) is 29.3 Å². The second-order valence-corrected chi connectivity index (χ2v) is 8.31. The first kappa shape index (κ1) is 20.8. The first-order valence-corrected chi connectivity index (χ1v) is 9.60. The largest absolute Gasteiger partial charge is 0.326 e. The van der Waals surface area contributed by atoms with E-state index in [-0.39, 0.29) is 15.9 Å². The Morgan fingerprint density at radius 3 is 2.33 bits per heavy atom. The van der Waals surface area contributed by atoms with Crippen LogP contribution in [0.3, 0.4) is 0 Å². The molecule has 2 rings (SSSR count). The molecule has 0 bridgehead atoms. The molecule has 0 radical (unpaired) electrons. The molecule has 0 fully saturated rings. The van der Waals surface area contributed by atoms with Gasteiger partial charge in [-0.3, -0.25) is 14.9 Å². The molecular formula is C14H15F2N5O4S2. The quantitative estimate of drug-likeness (QED) is 0.704. The molecule has 1 aromatic heterocycles. The zero-order valence-corrected chi connectivity index (χ0v) is 15.8. The first-order chi connectivity index (χ1) is 12.6. The second-order valence-electron chi connectivity index (χ2n) is 5.26. The number of nitrogens with one attached hydrogen (secondary N) is 2. The summed E-state index contributed by atoms with van der Waals surface area (Å²) in [7, 11) is -2.78. The van der Waals surface area contributed by atoms with Crippen molar-refractivity contribution in [3.8, 4) is 0 Å². The Hall–Kier alpha value is -2.51. The maximum Gasteiger partial charge on any atom is 0.291 e. The lowest BCUT2D eigenvalue weighted by molar-refractivity contribution is -0.116. The molecular weight excluding hydrogens is 404 g/mol. The zero-order chi connectivity index (χ0) is 20.2. The lowest BCUT2D eigenvalue weighted by Crippen LogP contribution is -2.34. The van der Waals surface area contributed by atoms with Crippen LogP contribution in [0.15, 0.2) is 29.2 Å². The van der Waals surface area contributed by atoms with E-state index in [9.17, 15) is 26.8 Å². The number of carbonyl (C=O) groups excluding carboxylic acids is 2. The van der Waals surface area contributed by atoms with Gasteiger partial charge in [-0.25, -0.2) is 17.2 Å². The van der Waals surface area contributed by atoms with Gasteiger partial charge in [0.15, 0.2) is 5.01 Å². The molecule has 2 amide bonds. The lowest BCUT2D eigenvalue weighted by atomic mass is 10.3. The van der Waals surface area contributed by atoms with Crippen LogP contribution >= 0.6 is 11.3 Å². The number of amides is 2. The number of rotatable bonds is 7. The van der Waals surface area contributed by atoms with Crippen molar-refractivity contribution in [1.82, 2.24) is 14.5 Å². The van der Waals surface area contributed by atoms with Crippen molar-refractivity contribution in [1.29, 1.82) is 0 Å². The summed E-state index contributed by atoms with van der Waals surface area (Å²) < 4.78 is 50.7. The number of hydrogen-bond donors (Lipinski definition) is 2. The van der Waals surface area contributed by atoms with Gasteiger partial charge in [-0.2, -0.15) is 4.31 Å². The van der Waals surface area contributed by atoms with E-state index in [1.165, 1.54) is 38.2 Å². The smallest absolute Gasteiger partial charge is 0.291 e. The Bertz CT molecular complexity index is 931. The molecule has 0 spiro atoms. The van der Waals surface area contributed by atoms with Gasteiger partial charge in [-0.1, -0.05) is 11.3 Å². The van der Waals surface area contributed by atoms with Crippen LogP contribution in [0.25, 0.3) is 0 Å². The normalized spacial score (nSPS) is 11.6. The van der Waals surface area contributed by atoms with Gasteiger partial charge in [0, 0.05) is 19.7 Å². The summed E-state index contributed by atoms with van der Waals surface area (Å²) >= 11 is 0.500. The van der Waals surface area contributed by atoms with Crippen LogP contribution in [-0.2, 0) is 19.6 Å². The molecule has 27 heavy (non-hydrogen) atoms. The van der Waals surface area contributed by atoms with Crippen molar-refractivity contribution >= 4 is 44.0 Å². The number of aromatic nitrogens is 2. The van der Waals surface area contributed by atoms with Crippen LogP contribution < -0.4 is 10.6 Å². The monoisotopic (exact) mass is 419 g/mol. The summed E-state index contributed by atoms with van der Waals surface area (Å²) in [6, 6.07) is 5.40. The summed E-state index contributed by atoms with van der Waals surface area (Å²) in [4.78, 5) is 22.8. The van der Waals surface area contributed by atoms with Gasteiger partial charge in [-0.05, 0) is 24.3 Å². The fraction of sp³-hybridized carbons (Fsp3) is 0.286. The Balaban J connectivity index is 2.03. The highest BCUT2D eigenvalue weighted by atomic mass is 32.2. The molecule has 146 valence electrons. The Morgan fingerprint density at radius 2 is 1.81 bits per heavy atom. The maximum absolute atomic E-state index is 12.5. The van der Waals surface area contributed by atoms with Gasteiger partial charge >= 0.3 is 0 Å². The first-order valence-electron chi connectivity index (χ1n) is 7.35. The van der Waals surface area contributed by atoms with Crippen molar-refractivity contribution in [3.63, 3.8) is 0 Å². The highest BCUT2D eigenvalue weighted by Crippen LogP contribution is 2.25. The number of sulfonamides is 1. The minimum Gasteiger partial charge on any atom is -0.326 e. The zero-order valence-electron chi connectivity index (χ0n) is 14.1. The molecule has 0 aliphatic rings. The topological polar surface area (TPSA) is 121 Å². The number of benzene rings is 1. The average molecular weight is 419 g/mol. The van der Waals surface area contributed by atoms with Crippen molar-refractivity contribution in [2.24, 2.45) is 0 Å². The number of nitrogens with zero attached hydrogens (tertiary/aromatic N) is 3. The van der Waals surface area contributed by atoms with Gasteiger partial charge in [0.25, 0.3) is 6.43 Å². The highest BCUT2D eigenvalue weighted by Gasteiger charge is 2.24. The molecule has 0 aliphatic carbocycles. The molecule has 13 heteroatoms. The third-order valence-electron chi connectivity index (χ3n) is 3.12. The van der Waals surface area contributed by atoms with Crippen LogP contribution in [0.5, 0.6) is 0 Å². The van der Waals surface area contributed by atoms with E-state index >= 15 is 0 Å². The van der Waals surface area contributed by atoms with E-state index in [1.807, 2.05) is 0 Å². The highest BCUT2D eigenvalue weighted by molar-refractivity contribution is 7.89. The second kappa shape index (κ2) is 8.45. The lowest BCUT2D eigenvalue weighted by Gasteiger charge is -2.16. The summed E-state index contributed by atoms with van der Waals surface area (Å²) in [5, 5.41) is 10.6. The van der Waals surface area contributed by atoms with E-state index in [1.54, 1.807) is 0 Å². The van der Waals surface area contributed by atoms with E-state index in [4.69, 9.17) is 0 Å². The number of likely N-dealkylation sites (N-methyl/N-ethyl adjacent to an activating group) is 1. The molecule has 1 heterocycles. The average Bonchev–Trinajstić information content (AvgIpc) is 3.03. The third-order valence-corrected chi connectivity index (χ3v) is 5.79. The molecule has 2 N–H and O–H groups in total. The van der Waals surface area contributed by atoms with Crippen LogP contribution in [0, 0.1) is 0 Å². The van der Waals surface area contributed by atoms with Gasteiger partial charge in [0.1, 0.15) is 0 Å². The summed E-state index contributed by atoms with van der Waals surface area (Å²) in [6.07, 6.45) is -2.81. The van der Waals surface area contributed by atoms with Crippen molar-refractivity contribution < 1.29 is 26.8 Å². The standard InChI is InChI=1S/C14H15F2N5O4S2/c1-8(22)17-9-3-5-10(6-4-9)27(24,25)21(2)7-11(23)18-14-20-19-13(26-14)12(15)16/h3-6,12H,7H2,1-2H3,(H,17,22)(H,18,20,23). The molecule has 0 aliphatic heterocycles. The van der Waals surface area contributed by atoms with Gasteiger partial charge < -0.3 is 5.32 Å². The molecule has 1 aromatic carbocycles. The number of alkyl halides is 2. The molecule has 9 nitrogen and oxygen atoms in total. The fourth-order valence-electron chi connectivity index (χ4n) is 1.91. The molecule has 0 saturated heterocycles. The Morgan fingerprint density at radius 1 is 1.19 bits per heavy atom. The van der Waals surface area contributed by atoms with Gasteiger partial charge in [0.2, 0.25) is 27.0 Å². The van der Waals surface area contributed by atoms with Crippen molar-refractivity contribution in [2.75, 3.05) is 24.2 Å². The molecule has 0 atom stereocenters. The maximum atomic E-state index is 12.5. The number of anilines is 2. The predicted molar refractivity (Wildman–Crippen MR) is 94.1 cm³/mol. The number of carbonyl (C=O) groups is 2. The SMILES string of the molecule is CC(=O)Nc1ccc(S(=O)(=O)N(C)CC(=O)Nc2nnc(C(F)F)s2)cc1. The van der Waals surface area contributed by atoms with Crippen LogP contribution in [0.4, 0.5) is 19.6 Å². The van der Waals surface area contributed by atoms with Gasteiger partial charge in [-0.15, -0.1) is 10.2 Å². The molecule has 0 saturated carbocycles. The van der Waals surface area contributed by atoms with Crippen LogP contribution in [0.1, 0.15) is 18.4 Å². The van der Waals surface area contributed by atoms with Crippen LogP contribution in [-0.4, -0.2) is 48.3 Å². The number of halogens is 2. The Labute approximate surface area is 157 Å². The van der Waals surface area contributed by atoms with E-state index in [0.717, 1.165) is 4.31 Å². The molecule has 0 unspecified atom stereocenters. The number of hydrogen-bond acceptors (Lipinski definition) is 7. The minimum atomic E-state index is -3.97.